The van der Waals surface area contributed by atoms with Gasteiger partial charge in [0.15, 0.2) is 0 Å². The predicted octanol–water partition coefficient (Wildman–Crippen LogP) is 5.70. The van der Waals surface area contributed by atoms with Crippen LogP contribution < -0.4 is 5.32 Å². The largest absolute Gasteiger partial charge is 0.349 e. The van der Waals surface area contributed by atoms with Gasteiger partial charge in [-0.25, -0.2) is 0 Å². The van der Waals surface area contributed by atoms with E-state index in [4.69, 9.17) is 11.6 Å². The minimum absolute atomic E-state index is 0.00253. The molecule has 2 aromatic rings. The quantitative estimate of drug-likeness (QED) is 0.668. The van der Waals surface area contributed by atoms with Crippen molar-refractivity contribution in [3.8, 4) is 0 Å². The molecule has 4 heteroatoms. The van der Waals surface area contributed by atoms with Crippen LogP contribution in [0.2, 0.25) is 5.02 Å². The zero-order valence-corrected chi connectivity index (χ0v) is 16.2. The number of carbonyl (C=O) groups is 1. The fourth-order valence-corrected chi connectivity index (χ4v) is 3.70. The van der Waals surface area contributed by atoms with Crippen LogP contribution in [0.25, 0.3) is 0 Å². The summed E-state index contributed by atoms with van der Waals surface area (Å²) < 4.78 is 0. The zero-order valence-electron chi connectivity index (χ0n) is 14.6. The molecule has 0 saturated heterocycles. The lowest BCUT2D eigenvalue weighted by Gasteiger charge is -2.21. The van der Waals surface area contributed by atoms with E-state index >= 15 is 0 Å². The number of rotatable bonds is 6. The van der Waals surface area contributed by atoms with Crippen LogP contribution >= 0.6 is 23.4 Å². The molecule has 0 aliphatic carbocycles. The number of amides is 1. The fourth-order valence-electron chi connectivity index (χ4n) is 2.61. The third kappa shape index (κ3) is 5.02. The van der Waals surface area contributed by atoms with Gasteiger partial charge < -0.3 is 5.32 Å². The molecule has 2 rings (SSSR count). The van der Waals surface area contributed by atoms with Crippen LogP contribution in [-0.4, -0.2) is 11.2 Å². The number of benzene rings is 2. The third-order valence-electron chi connectivity index (χ3n) is 4.02. The first-order chi connectivity index (χ1) is 11.4. The van der Waals surface area contributed by atoms with Crippen molar-refractivity contribution in [1.82, 2.24) is 5.32 Å². The van der Waals surface area contributed by atoms with Crippen LogP contribution in [0, 0.1) is 13.8 Å². The molecule has 0 unspecified atom stereocenters. The molecule has 2 atom stereocenters. The highest BCUT2D eigenvalue weighted by Crippen LogP contribution is 2.28. The number of hydrogen-bond donors (Lipinski definition) is 1. The van der Waals surface area contributed by atoms with Crippen molar-refractivity contribution in [2.45, 2.75) is 50.3 Å². The van der Waals surface area contributed by atoms with Gasteiger partial charge in [-0.1, -0.05) is 42.3 Å². The monoisotopic (exact) mass is 361 g/mol. The number of halogens is 1. The van der Waals surface area contributed by atoms with Gasteiger partial charge in [0.25, 0.3) is 0 Å². The Hall–Kier alpha value is -1.45. The van der Waals surface area contributed by atoms with E-state index < -0.39 is 0 Å². The normalized spacial score (nSPS) is 13.4. The lowest BCUT2D eigenvalue weighted by Crippen LogP contribution is -2.34. The second-order valence-corrected chi connectivity index (χ2v) is 7.77. The minimum atomic E-state index is -0.112. The molecule has 0 aliphatic rings. The molecule has 128 valence electrons. The lowest BCUT2D eigenvalue weighted by atomic mass is 10.00. The van der Waals surface area contributed by atoms with Crippen LogP contribution in [0.3, 0.4) is 0 Å². The Morgan fingerprint density at radius 1 is 1.17 bits per heavy atom. The smallest absolute Gasteiger partial charge is 0.233 e. The fraction of sp³-hybridized carbons (Fsp3) is 0.350. The van der Waals surface area contributed by atoms with Gasteiger partial charge in [0.05, 0.1) is 11.3 Å². The molecule has 2 nitrogen and oxygen atoms in total. The topological polar surface area (TPSA) is 29.1 Å². The highest BCUT2D eigenvalue weighted by Gasteiger charge is 2.20. The second kappa shape index (κ2) is 8.59. The Balaban J connectivity index is 2.05. The van der Waals surface area contributed by atoms with E-state index in [0.29, 0.717) is 5.02 Å². The summed E-state index contributed by atoms with van der Waals surface area (Å²) in [4.78, 5) is 13.7. The van der Waals surface area contributed by atoms with Crippen molar-refractivity contribution in [1.29, 1.82) is 0 Å². The highest BCUT2D eigenvalue weighted by molar-refractivity contribution is 8.00. The Bertz CT molecular complexity index is 699. The number of carbonyl (C=O) groups excluding carboxylic acids is 1. The molecule has 0 aromatic heterocycles. The van der Waals surface area contributed by atoms with Gasteiger partial charge in [-0.15, -0.1) is 11.8 Å². The highest BCUT2D eigenvalue weighted by atomic mass is 35.5. The molecule has 0 saturated carbocycles. The van der Waals surface area contributed by atoms with Gasteiger partial charge in [-0.05, 0) is 62.6 Å². The Kier molecular flexibility index (Phi) is 6.76. The SMILES string of the molecule is CC[C@@H](Sc1ccc(Cl)cc1)C(=O)N[C@H](C)c1cc(C)ccc1C. The molecule has 0 aliphatic heterocycles. The third-order valence-corrected chi connectivity index (χ3v) is 5.64. The van der Waals surface area contributed by atoms with E-state index in [0.717, 1.165) is 11.3 Å². The first-order valence-electron chi connectivity index (χ1n) is 8.20. The average molecular weight is 362 g/mol. The van der Waals surface area contributed by atoms with E-state index in [1.54, 1.807) is 11.8 Å². The van der Waals surface area contributed by atoms with E-state index in [1.807, 2.05) is 38.1 Å². The van der Waals surface area contributed by atoms with Crippen LogP contribution in [0.1, 0.15) is 43.0 Å². The first-order valence-corrected chi connectivity index (χ1v) is 9.46. The second-order valence-electron chi connectivity index (χ2n) is 6.06. The van der Waals surface area contributed by atoms with Gasteiger partial charge in [0.1, 0.15) is 0 Å². The number of nitrogens with one attached hydrogen (secondary N) is 1. The Labute approximate surface area is 154 Å². The average Bonchev–Trinajstić information content (AvgIpc) is 2.56. The number of aryl methyl sites for hydroxylation is 2. The molecule has 1 amide bonds. The molecule has 24 heavy (non-hydrogen) atoms. The Morgan fingerprint density at radius 2 is 1.83 bits per heavy atom. The predicted molar refractivity (Wildman–Crippen MR) is 104 cm³/mol. The summed E-state index contributed by atoms with van der Waals surface area (Å²) in [6.07, 6.45) is 0.776. The first kappa shape index (κ1) is 18.9. The summed E-state index contributed by atoms with van der Waals surface area (Å²) in [5.74, 6) is 0.0749. The lowest BCUT2D eigenvalue weighted by molar-refractivity contribution is -0.121. The van der Waals surface area contributed by atoms with Crippen molar-refractivity contribution in [2.75, 3.05) is 0 Å². The molecule has 0 heterocycles. The van der Waals surface area contributed by atoms with Crippen LogP contribution in [0.15, 0.2) is 47.4 Å². The maximum Gasteiger partial charge on any atom is 0.233 e. The van der Waals surface area contributed by atoms with Crippen molar-refractivity contribution in [3.05, 3.63) is 64.2 Å². The molecular weight excluding hydrogens is 338 g/mol. The van der Waals surface area contributed by atoms with E-state index in [9.17, 15) is 4.79 Å². The molecule has 2 aromatic carbocycles. The van der Waals surface area contributed by atoms with Crippen LogP contribution in [0.5, 0.6) is 0 Å². The van der Waals surface area contributed by atoms with Gasteiger partial charge in [-0.2, -0.15) is 0 Å². The van der Waals surface area contributed by atoms with E-state index in [1.165, 1.54) is 16.7 Å². The summed E-state index contributed by atoms with van der Waals surface area (Å²) in [7, 11) is 0. The van der Waals surface area contributed by atoms with Crippen molar-refractivity contribution < 1.29 is 4.79 Å². The van der Waals surface area contributed by atoms with Gasteiger partial charge >= 0.3 is 0 Å². The van der Waals surface area contributed by atoms with E-state index in [-0.39, 0.29) is 17.2 Å². The standard InChI is InChI=1S/C20H24ClNOS/c1-5-19(24-17-10-8-16(21)9-11-17)20(23)22-15(4)18-12-13(2)6-7-14(18)3/h6-12,15,19H,5H2,1-4H3,(H,22,23)/t15-,19-/m1/s1. The van der Waals surface area contributed by atoms with Crippen molar-refractivity contribution >= 4 is 29.3 Å². The summed E-state index contributed by atoms with van der Waals surface area (Å²) >= 11 is 7.50. The van der Waals surface area contributed by atoms with E-state index in [2.05, 4.69) is 37.4 Å². The summed E-state index contributed by atoms with van der Waals surface area (Å²) in [5.41, 5.74) is 3.58. The summed E-state index contributed by atoms with van der Waals surface area (Å²) in [6, 6.07) is 14.0. The molecule has 0 spiro atoms. The molecular formula is C20H24ClNOS. The molecule has 0 bridgehead atoms. The minimum Gasteiger partial charge on any atom is -0.349 e. The number of thioether (sulfide) groups is 1. The summed E-state index contributed by atoms with van der Waals surface area (Å²) in [6.45, 7) is 8.23. The Morgan fingerprint density at radius 3 is 2.46 bits per heavy atom. The maximum absolute atomic E-state index is 12.7. The maximum atomic E-state index is 12.7. The van der Waals surface area contributed by atoms with Crippen molar-refractivity contribution in [3.63, 3.8) is 0 Å². The van der Waals surface area contributed by atoms with Crippen LogP contribution in [0.4, 0.5) is 0 Å². The number of hydrogen-bond acceptors (Lipinski definition) is 2. The van der Waals surface area contributed by atoms with Gasteiger partial charge in [-0.3, -0.25) is 4.79 Å². The summed E-state index contributed by atoms with van der Waals surface area (Å²) in [5, 5.41) is 3.76. The molecule has 0 radical (unpaired) electrons. The van der Waals surface area contributed by atoms with Crippen molar-refractivity contribution in [2.24, 2.45) is 0 Å². The van der Waals surface area contributed by atoms with Crippen LogP contribution in [-0.2, 0) is 4.79 Å². The van der Waals surface area contributed by atoms with Gasteiger partial charge in [0.2, 0.25) is 5.91 Å². The zero-order chi connectivity index (χ0) is 17.7. The molecule has 1 N–H and O–H groups in total. The molecule has 0 fully saturated rings. The van der Waals surface area contributed by atoms with Gasteiger partial charge in [0, 0.05) is 9.92 Å².